The van der Waals surface area contributed by atoms with Gasteiger partial charge >= 0.3 is 0 Å². The minimum atomic E-state index is 0.883. The Balaban J connectivity index is 2.04. The molecule has 1 aromatic carbocycles. The topological polar surface area (TPSA) is 32.5 Å². The summed E-state index contributed by atoms with van der Waals surface area (Å²) >= 11 is 3.57. The summed E-state index contributed by atoms with van der Waals surface area (Å²) < 4.78 is 1.12. The summed E-state index contributed by atoms with van der Waals surface area (Å²) in [7, 11) is 2.17. The van der Waals surface area contributed by atoms with E-state index in [2.05, 4.69) is 38.8 Å². The zero-order chi connectivity index (χ0) is 11.5. The van der Waals surface area contributed by atoms with Gasteiger partial charge in [-0.15, -0.1) is 0 Å². The summed E-state index contributed by atoms with van der Waals surface area (Å²) in [6, 6.07) is 6.00. The van der Waals surface area contributed by atoms with Crippen molar-refractivity contribution in [2.45, 2.75) is 6.54 Å². The number of nitrogens with zero attached hydrogens (tertiary/aromatic N) is 2. The van der Waals surface area contributed by atoms with Crippen molar-refractivity contribution in [3.8, 4) is 0 Å². The van der Waals surface area contributed by atoms with Crippen molar-refractivity contribution in [2.75, 3.05) is 39.0 Å². The number of benzene rings is 1. The van der Waals surface area contributed by atoms with Gasteiger partial charge in [0, 0.05) is 48.4 Å². The van der Waals surface area contributed by atoms with Crippen LogP contribution in [0.3, 0.4) is 0 Å². The molecule has 0 aromatic heterocycles. The molecule has 2 N–H and O–H groups in total. The number of likely N-dealkylation sites (N-methyl/N-ethyl adjacent to an activating group) is 1. The molecule has 1 aliphatic rings. The summed E-state index contributed by atoms with van der Waals surface area (Å²) in [6.07, 6.45) is 0. The van der Waals surface area contributed by atoms with Crippen molar-refractivity contribution >= 4 is 21.6 Å². The van der Waals surface area contributed by atoms with Crippen molar-refractivity contribution in [3.63, 3.8) is 0 Å². The van der Waals surface area contributed by atoms with Gasteiger partial charge in [0.15, 0.2) is 0 Å². The number of piperazine rings is 1. The second-order valence-electron chi connectivity index (χ2n) is 4.39. The van der Waals surface area contributed by atoms with E-state index < -0.39 is 0 Å². The van der Waals surface area contributed by atoms with Crippen LogP contribution in [0.25, 0.3) is 0 Å². The minimum absolute atomic E-state index is 0.883. The third-order valence-electron chi connectivity index (χ3n) is 3.13. The van der Waals surface area contributed by atoms with Crippen LogP contribution >= 0.6 is 15.9 Å². The molecule has 1 aliphatic heterocycles. The fourth-order valence-electron chi connectivity index (χ4n) is 1.97. The molecule has 88 valence electrons. The molecule has 4 heteroatoms. The first kappa shape index (κ1) is 11.9. The quantitative estimate of drug-likeness (QED) is 0.840. The fourth-order valence-corrected chi connectivity index (χ4v) is 2.48. The Morgan fingerprint density at radius 1 is 1.25 bits per heavy atom. The molecule has 0 spiro atoms. The van der Waals surface area contributed by atoms with Crippen LogP contribution in [0.1, 0.15) is 5.56 Å². The van der Waals surface area contributed by atoms with Gasteiger partial charge in [0.25, 0.3) is 0 Å². The van der Waals surface area contributed by atoms with Crippen molar-refractivity contribution in [3.05, 3.63) is 28.2 Å². The smallest absolute Gasteiger partial charge is 0.0371 e. The summed E-state index contributed by atoms with van der Waals surface area (Å²) in [5.74, 6) is 0. The maximum absolute atomic E-state index is 6.00. The SMILES string of the molecule is CN1CCN(Cc2c(N)cccc2Br)CC1. The van der Waals surface area contributed by atoms with Gasteiger partial charge in [-0.3, -0.25) is 4.90 Å². The van der Waals surface area contributed by atoms with E-state index in [9.17, 15) is 0 Å². The molecule has 1 saturated heterocycles. The molecular formula is C12H18BrN3. The van der Waals surface area contributed by atoms with Crippen LogP contribution in [-0.2, 0) is 6.54 Å². The van der Waals surface area contributed by atoms with Crippen molar-refractivity contribution in [1.82, 2.24) is 9.80 Å². The molecule has 3 nitrogen and oxygen atoms in total. The molecule has 0 saturated carbocycles. The lowest BCUT2D eigenvalue weighted by atomic mass is 10.1. The van der Waals surface area contributed by atoms with E-state index in [4.69, 9.17) is 5.73 Å². The van der Waals surface area contributed by atoms with Gasteiger partial charge in [-0.05, 0) is 19.2 Å². The number of rotatable bonds is 2. The van der Waals surface area contributed by atoms with Gasteiger partial charge in [-0.2, -0.15) is 0 Å². The van der Waals surface area contributed by atoms with Gasteiger partial charge in [0.1, 0.15) is 0 Å². The van der Waals surface area contributed by atoms with E-state index in [0.717, 1.165) is 42.9 Å². The van der Waals surface area contributed by atoms with Crippen LogP contribution in [0, 0.1) is 0 Å². The molecule has 0 amide bonds. The summed E-state index contributed by atoms with van der Waals surface area (Å²) in [6.45, 7) is 5.48. The molecule has 0 bridgehead atoms. The van der Waals surface area contributed by atoms with Gasteiger partial charge in [0.05, 0.1) is 0 Å². The highest BCUT2D eigenvalue weighted by molar-refractivity contribution is 9.10. The number of hydrogen-bond acceptors (Lipinski definition) is 3. The van der Waals surface area contributed by atoms with E-state index in [1.807, 2.05) is 12.1 Å². The van der Waals surface area contributed by atoms with Gasteiger partial charge in [-0.25, -0.2) is 0 Å². The van der Waals surface area contributed by atoms with E-state index in [-0.39, 0.29) is 0 Å². The Labute approximate surface area is 105 Å². The second kappa shape index (κ2) is 5.17. The van der Waals surface area contributed by atoms with E-state index >= 15 is 0 Å². The molecular weight excluding hydrogens is 266 g/mol. The Bertz CT molecular complexity index is 339. The number of hydrogen-bond donors (Lipinski definition) is 1. The third kappa shape index (κ3) is 2.75. The first-order valence-corrected chi connectivity index (χ1v) is 6.40. The average Bonchev–Trinajstić information content (AvgIpc) is 2.26. The van der Waals surface area contributed by atoms with Crippen LogP contribution < -0.4 is 5.73 Å². The molecule has 0 atom stereocenters. The molecule has 0 unspecified atom stereocenters. The number of nitrogen functional groups attached to an aromatic ring is 1. The van der Waals surface area contributed by atoms with Crippen LogP contribution in [0.5, 0.6) is 0 Å². The summed E-state index contributed by atoms with van der Waals surface area (Å²) in [5.41, 5.74) is 8.10. The minimum Gasteiger partial charge on any atom is -0.398 e. The Hall–Kier alpha value is -0.580. The molecule has 2 rings (SSSR count). The molecule has 16 heavy (non-hydrogen) atoms. The fraction of sp³-hybridized carbons (Fsp3) is 0.500. The predicted octanol–water partition coefficient (Wildman–Crippen LogP) is 1.78. The Kier molecular flexibility index (Phi) is 3.84. The number of nitrogens with two attached hydrogens (primary N) is 1. The predicted molar refractivity (Wildman–Crippen MR) is 71.3 cm³/mol. The molecule has 0 aliphatic carbocycles. The zero-order valence-electron chi connectivity index (χ0n) is 9.62. The van der Waals surface area contributed by atoms with Crippen LogP contribution in [-0.4, -0.2) is 43.0 Å². The third-order valence-corrected chi connectivity index (χ3v) is 3.88. The molecule has 1 fully saturated rings. The van der Waals surface area contributed by atoms with Crippen LogP contribution in [0.2, 0.25) is 0 Å². The van der Waals surface area contributed by atoms with E-state index in [1.54, 1.807) is 0 Å². The second-order valence-corrected chi connectivity index (χ2v) is 5.24. The normalized spacial score (nSPS) is 18.9. The highest BCUT2D eigenvalue weighted by Gasteiger charge is 2.15. The zero-order valence-corrected chi connectivity index (χ0v) is 11.2. The van der Waals surface area contributed by atoms with Crippen LogP contribution in [0.4, 0.5) is 5.69 Å². The number of halogens is 1. The lowest BCUT2D eigenvalue weighted by Crippen LogP contribution is -2.44. The molecule has 1 aromatic rings. The van der Waals surface area contributed by atoms with Crippen molar-refractivity contribution in [2.24, 2.45) is 0 Å². The number of anilines is 1. The molecule has 1 heterocycles. The Morgan fingerprint density at radius 2 is 1.94 bits per heavy atom. The molecule has 0 radical (unpaired) electrons. The first-order valence-electron chi connectivity index (χ1n) is 5.60. The van der Waals surface area contributed by atoms with Gasteiger partial charge in [-0.1, -0.05) is 22.0 Å². The standard InChI is InChI=1S/C12H18BrN3/c1-15-5-7-16(8-6-15)9-10-11(13)3-2-4-12(10)14/h2-4H,5-9,14H2,1H3. The maximum atomic E-state index is 6.00. The van der Waals surface area contributed by atoms with E-state index in [0.29, 0.717) is 0 Å². The van der Waals surface area contributed by atoms with E-state index in [1.165, 1.54) is 5.56 Å². The highest BCUT2D eigenvalue weighted by atomic mass is 79.9. The average molecular weight is 284 g/mol. The maximum Gasteiger partial charge on any atom is 0.0371 e. The van der Waals surface area contributed by atoms with Crippen molar-refractivity contribution < 1.29 is 0 Å². The first-order chi connectivity index (χ1) is 7.66. The lowest BCUT2D eigenvalue weighted by Gasteiger charge is -2.32. The highest BCUT2D eigenvalue weighted by Crippen LogP contribution is 2.24. The summed E-state index contributed by atoms with van der Waals surface area (Å²) in [5, 5.41) is 0. The lowest BCUT2D eigenvalue weighted by molar-refractivity contribution is 0.148. The van der Waals surface area contributed by atoms with Gasteiger partial charge < -0.3 is 10.6 Å². The van der Waals surface area contributed by atoms with Gasteiger partial charge in [0.2, 0.25) is 0 Å². The largest absolute Gasteiger partial charge is 0.398 e. The monoisotopic (exact) mass is 283 g/mol. The van der Waals surface area contributed by atoms with Crippen LogP contribution in [0.15, 0.2) is 22.7 Å². The Morgan fingerprint density at radius 3 is 2.56 bits per heavy atom. The van der Waals surface area contributed by atoms with Crippen molar-refractivity contribution in [1.29, 1.82) is 0 Å². The summed E-state index contributed by atoms with van der Waals surface area (Å²) in [4.78, 5) is 4.82.